The lowest BCUT2D eigenvalue weighted by Crippen LogP contribution is -2.01. The molecule has 0 aliphatic rings. The third-order valence-corrected chi connectivity index (χ3v) is 3.04. The second kappa shape index (κ2) is 3.90. The number of hydrogen-bond donors (Lipinski definition) is 0. The van der Waals surface area contributed by atoms with Crippen molar-refractivity contribution in [1.82, 2.24) is 19.7 Å². The minimum atomic E-state index is 0.573. The first-order chi connectivity index (χ1) is 7.93. The molecular weight excluding hydrogens is 224 g/mol. The molecule has 0 saturated heterocycles. The maximum atomic E-state index is 4.70. The van der Waals surface area contributed by atoms with Crippen molar-refractivity contribution in [2.24, 2.45) is 0 Å². The van der Waals surface area contributed by atoms with Gasteiger partial charge in [-0.15, -0.1) is 11.3 Å². The number of rotatable bonds is 3. The van der Waals surface area contributed by atoms with Gasteiger partial charge >= 0.3 is 0 Å². The van der Waals surface area contributed by atoms with Gasteiger partial charge in [0.05, 0.1) is 11.4 Å². The molecule has 0 aliphatic heterocycles. The largest absolute Gasteiger partial charge is 0.343 e. The third-order valence-electron chi connectivity index (χ3n) is 2.18. The summed E-state index contributed by atoms with van der Waals surface area (Å²) in [5.74, 6) is 1.58. The molecule has 6 heteroatoms. The van der Waals surface area contributed by atoms with Gasteiger partial charge in [0.1, 0.15) is 5.82 Å². The van der Waals surface area contributed by atoms with E-state index in [0.29, 0.717) is 12.4 Å². The van der Waals surface area contributed by atoms with Gasteiger partial charge in [-0.1, -0.05) is 11.2 Å². The molecule has 0 saturated carbocycles. The van der Waals surface area contributed by atoms with E-state index < -0.39 is 0 Å². The van der Waals surface area contributed by atoms with Gasteiger partial charge in [-0.05, 0) is 11.4 Å². The van der Waals surface area contributed by atoms with Crippen LogP contribution < -0.4 is 0 Å². The van der Waals surface area contributed by atoms with Gasteiger partial charge in [-0.25, -0.2) is 4.98 Å². The maximum Gasteiger partial charge on any atom is 0.213 e. The van der Waals surface area contributed by atoms with Gasteiger partial charge in [0, 0.05) is 12.4 Å². The van der Waals surface area contributed by atoms with Gasteiger partial charge in [-0.3, -0.25) is 0 Å². The molecule has 16 heavy (non-hydrogen) atoms. The molecule has 3 aromatic heterocycles. The highest BCUT2D eigenvalue weighted by Gasteiger charge is 2.08. The van der Waals surface area contributed by atoms with Crippen LogP contribution in [-0.4, -0.2) is 19.7 Å². The van der Waals surface area contributed by atoms with Crippen molar-refractivity contribution in [3.05, 3.63) is 42.1 Å². The first kappa shape index (κ1) is 9.29. The van der Waals surface area contributed by atoms with Crippen molar-refractivity contribution in [2.45, 2.75) is 6.54 Å². The Morgan fingerprint density at radius 3 is 3.12 bits per heavy atom. The van der Waals surface area contributed by atoms with E-state index in [1.807, 2.05) is 28.3 Å². The normalized spacial score (nSPS) is 10.8. The van der Waals surface area contributed by atoms with Crippen LogP contribution in [0.5, 0.6) is 0 Å². The van der Waals surface area contributed by atoms with E-state index in [2.05, 4.69) is 15.1 Å². The molecule has 0 radical (unpaired) electrons. The van der Waals surface area contributed by atoms with Gasteiger partial charge < -0.3 is 9.09 Å². The van der Waals surface area contributed by atoms with E-state index in [9.17, 15) is 0 Å². The maximum absolute atomic E-state index is 4.70. The third kappa shape index (κ3) is 1.63. The first-order valence-electron chi connectivity index (χ1n) is 4.74. The van der Waals surface area contributed by atoms with Crippen LogP contribution in [-0.2, 0) is 6.54 Å². The van der Waals surface area contributed by atoms with E-state index >= 15 is 0 Å². The smallest absolute Gasteiger partial charge is 0.213 e. The topological polar surface area (TPSA) is 56.7 Å². The predicted octanol–water partition coefficient (Wildman–Crippen LogP) is 2.04. The Labute approximate surface area is 95.4 Å². The predicted molar refractivity (Wildman–Crippen MR) is 58.9 cm³/mol. The lowest BCUT2D eigenvalue weighted by Gasteiger charge is -2.02. The zero-order valence-electron chi connectivity index (χ0n) is 8.28. The Bertz CT molecular complexity index is 555. The van der Waals surface area contributed by atoms with Crippen molar-refractivity contribution in [3.63, 3.8) is 0 Å². The highest BCUT2D eigenvalue weighted by molar-refractivity contribution is 7.13. The monoisotopic (exact) mass is 232 g/mol. The molecule has 3 rings (SSSR count). The Morgan fingerprint density at radius 2 is 2.38 bits per heavy atom. The summed E-state index contributed by atoms with van der Waals surface area (Å²) in [7, 11) is 0. The summed E-state index contributed by atoms with van der Waals surface area (Å²) in [6.07, 6.45) is 5.01. The minimum absolute atomic E-state index is 0.573. The van der Waals surface area contributed by atoms with E-state index in [1.54, 1.807) is 17.5 Å². The van der Waals surface area contributed by atoms with Crippen molar-refractivity contribution >= 4 is 11.3 Å². The first-order valence-corrected chi connectivity index (χ1v) is 5.62. The van der Waals surface area contributed by atoms with Crippen molar-refractivity contribution < 1.29 is 4.52 Å². The molecule has 0 aromatic carbocycles. The van der Waals surface area contributed by atoms with Crippen LogP contribution in [0.3, 0.4) is 0 Å². The van der Waals surface area contributed by atoms with E-state index in [-0.39, 0.29) is 0 Å². The lowest BCUT2D eigenvalue weighted by molar-refractivity contribution is 0.408. The molecule has 0 N–H and O–H groups in total. The van der Waals surface area contributed by atoms with Crippen molar-refractivity contribution in [3.8, 4) is 10.7 Å². The second-order valence-corrected chi connectivity index (χ2v) is 4.15. The molecule has 0 amide bonds. The summed E-state index contributed by atoms with van der Waals surface area (Å²) in [5.41, 5.74) is 0. The van der Waals surface area contributed by atoms with Gasteiger partial charge in [0.2, 0.25) is 6.39 Å². The van der Waals surface area contributed by atoms with Crippen molar-refractivity contribution in [2.75, 3.05) is 0 Å². The Morgan fingerprint density at radius 1 is 1.38 bits per heavy atom. The fraction of sp³-hybridized carbons (Fsp3) is 0.100. The molecule has 3 heterocycles. The highest BCUT2D eigenvalue weighted by Crippen LogP contribution is 2.23. The van der Waals surface area contributed by atoms with Crippen LogP contribution in [0.1, 0.15) is 5.82 Å². The average Bonchev–Trinajstić information content (AvgIpc) is 2.98. The molecule has 80 valence electrons. The Kier molecular flexibility index (Phi) is 2.26. The Balaban J connectivity index is 1.94. The zero-order valence-corrected chi connectivity index (χ0v) is 9.09. The minimum Gasteiger partial charge on any atom is -0.343 e. The average molecular weight is 232 g/mol. The second-order valence-electron chi connectivity index (χ2n) is 3.20. The molecule has 0 bridgehead atoms. The summed E-state index contributed by atoms with van der Waals surface area (Å²) in [6, 6.07) is 4.05. The fourth-order valence-corrected chi connectivity index (χ4v) is 2.22. The van der Waals surface area contributed by atoms with Gasteiger partial charge in [0.25, 0.3) is 0 Å². The molecule has 5 nitrogen and oxygen atoms in total. The molecule has 0 atom stereocenters. The molecule has 0 spiro atoms. The molecule has 0 aliphatic carbocycles. The number of imidazole rings is 1. The van der Waals surface area contributed by atoms with Crippen LogP contribution >= 0.6 is 11.3 Å². The highest BCUT2D eigenvalue weighted by atomic mass is 32.1. The molecular formula is C10H8N4OS. The lowest BCUT2D eigenvalue weighted by atomic mass is 10.4. The van der Waals surface area contributed by atoms with Crippen LogP contribution in [0.4, 0.5) is 0 Å². The van der Waals surface area contributed by atoms with Crippen LogP contribution in [0.2, 0.25) is 0 Å². The summed E-state index contributed by atoms with van der Waals surface area (Å²) in [6.45, 7) is 0.573. The molecule has 0 fully saturated rings. The van der Waals surface area contributed by atoms with E-state index in [0.717, 1.165) is 10.7 Å². The van der Waals surface area contributed by atoms with Crippen LogP contribution in [0, 0.1) is 0 Å². The van der Waals surface area contributed by atoms with Gasteiger partial charge in [-0.2, -0.15) is 4.98 Å². The van der Waals surface area contributed by atoms with Gasteiger partial charge in [0.15, 0.2) is 5.82 Å². The van der Waals surface area contributed by atoms with Crippen LogP contribution in [0.25, 0.3) is 10.7 Å². The fourth-order valence-electron chi connectivity index (χ4n) is 1.48. The number of hydrogen-bond acceptors (Lipinski definition) is 5. The molecule has 0 unspecified atom stereocenters. The van der Waals surface area contributed by atoms with E-state index in [4.69, 9.17) is 4.52 Å². The number of nitrogens with zero attached hydrogens (tertiary/aromatic N) is 4. The number of thiophene rings is 1. The SMILES string of the molecule is c1csc(-c2nccn2Cc2ncon2)c1. The summed E-state index contributed by atoms with van der Waals surface area (Å²) in [4.78, 5) is 9.45. The molecule has 3 aromatic rings. The summed E-state index contributed by atoms with van der Waals surface area (Å²) < 4.78 is 6.70. The Hall–Kier alpha value is -1.95. The van der Waals surface area contributed by atoms with Crippen LogP contribution in [0.15, 0.2) is 40.8 Å². The number of aromatic nitrogens is 4. The standard InChI is InChI=1S/C10H8N4OS/c1-2-8(16-5-1)10-11-3-4-14(10)6-9-12-7-15-13-9/h1-5,7H,6H2. The van der Waals surface area contributed by atoms with Crippen molar-refractivity contribution in [1.29, 1.82) is 0 Å². The summed E-state index contributed by atoms with van der Waals surface area (Å²) in [5, 5.41) is 5.81. The zero-order chi connectivity index (χ0) is 10.8. The van der Waals surface area contributed by atoms with E-state index in [1.165, 1.54) is 6.39 Å². The summed E-state index contributed by atoms with van der Waals surface area (Å²) >= 11 is 1.66. The quantitative estimate of drug-likeness (QED) is 0.693.